The van der Waals surface area contributed by atoms with Crippen LogP contribution in [0, 0.1) is 0 Å². The number of carbonyl (C=O) groups excluding carboxylic acids is 2. The number of fused-ring (bicyclic) bond motifs is 1. The van der Waals surface area contributed by atoms with Crippen molar-refractivity contribution in [3.05, 3.63) is 40.3 Å². The topological polar surface area (TPSA) is 113 Å². The molecule has 146 valence electrons. The number of aliphatic hydroxyl groups excluding tert-OH is 2. The SMILES string of the molecule is COc1cc(O)c2c(c1)/C=C/C[C@H](O)[C@H](O)C(=O)C/C(S)=C\[C@H](C)OC2=O. The van der Waals surface area contributed by atoms with E-state index in [1.54, 1.807) is 6.92 Å². The van der Waals surface area contributed by atoms with E-state index in [2.05, 4.69) is 12.6 Å². The highest BCUT2D eigenvalue weighted by Crippen LogP contribution is 2.30. The summed E-state index contributed by atoms with van der Waals surface area (Å²) in [5.41, 5.74) is 0.250. The molecule has 0 spiro atoms. The predicted octanol–water partition coefficient (Wildman–Crippen LogP) is 1.86. The number of hydrogen-bond donors (Lipinski definition) is 4. The number of aromatic hydroxyl groups is 1. The molecule has 0 saturated carbocycles. The number of ether oxygens (including phenoxy) is 2. The summed E-state index contributed by atoms with van der Waals surface area (Å²) < 4.78 is 10.4. The zero-order valence-electron chi connectivity index (χ0n) is 15.0. The number of thiol groups is 1. The molecule has 1 aromatic carbocycles. The molecule has 0 amide bonds. The van der Waals surface area contributed by atoms with Crippen molar-refractivity contribution in [1.29, 1.82) is 0 Å². The standard InChI is InChI=1S/C19H22O7S/c1-10-6-13(27)9-16(22)18(23)14(20)5-3-4-11-7-12(25-2)8-15(21)17(11)19(24)26-10/h3-4,6-8,10,14,18,20-21,23,27H,5,9H2,1-2H3/b4-3+,13-6+/t10-,14-,18-/m0/s1. The van der Waals surface area contributed by atoms with Gasteiger partial charge in [0.2, 0.25) is 0 Å². The van der Waals surface area contributed by atoms with Crippen LogP contribution in [-0.4, -0.2) is 52.5 Å². The van der Waals surface area contributed by atoms with Gasteiger partial charge >= 0.3 is 5.97 Å². The van der Waals surface area contributed by atoms with Gasteiger partial charge in [0.15, 0.2) is 5.78 Å². The summed E-state index contributed by atoms with van der Waals surface area (Å²) in [4.78, 5) is 24.8. The van der Waals surface area contributed by atoms with Crippen LogP contribution in [-0.2, 0) is 9.53 Å². The van der Waals surface area contributed by atoms with E-state index in [0.717, 1.165) is 0 Å². The predicted molar refractivity (Wildman–Crippen MR) is 102 cm³/mol. The van der Waals surface area contributed by atoms with Gasteiger partial charge in [0.05, 0.1) is 13.2 Å². The van der Waals surface area contributed by atoms with Crippen LogP contribution in [0.5, 0.6) is 11.5 Å². The number of allylic oxidation sites excluding steroid dienone is 1. The Kier molecular flexibility index (Phi) is 7.06. The summed E-state index contributed by atoms with van der Waals surface area (Å²) in [6.07, 6.45) is 0.553. The average molecular weight is 394 g/mol. The van der Waals surface area contributed by atoms with Gasteiger partial charge in [-0.05, 0) is 36.0 Å². The molecule has 0 aliphatic carbocycles. The molecule has 2 rings (SSSR count). The minimum Gasteiger partial charge on any atom is -0.507 e. The lowest BCUT2D eigenvalue weighted by atomic mass is 10.0. The van der Waals surface area contributed by atoms with E-state index >= 15 is 0 Å². The van der Waals surface area contributed by atoms with Crippen molar-refractivity contribution in [2.45, 2.75) is 38.1 Å². The van der Waals surface area contributed by atoms with E-state index in [-0.39, 0.29) is 24.2 Å². The molecule has 1 aromatic rings. The summed E-state index contributed by atoms with van der Waals surface area (Å²) in [6, 6.07) is 2.82. The van der Waals surface area contributed by atoms with Gasteiger partial charge in [0.25, 0.3) is 0 Å². The van der Waals surface area contributed by atoms with Crippen LogP contribution >= 0.6 is 12.6 Å². The maximum atomic E-state index is 12.5. The number of phenolic OH excluding ortho intramolecular Hbond substituents is 1. The fourth-order valence-electron chi connectivity index (χ4n) is 2.65. The fourth-order valence-corrected chi connectivity index (χ4v) is 3.01. The normalized spacial score (nSPS) is 27.6. The Bertz CT molecular complexity index is 785. The van der Waals surface area contributed by atoms with Crippen LogP contribution in [0.3, 0.4) is 0 Å². The van der Waals surface area contributed by atoms with Crippen molar-refractivity contribution in [1.82, 2.24) is 0 Å². The summed E-state index contributed by atoms with van der Waals surface area (Å²) >= 11 is 4.17. The molecule has 27 heavy (non-hydrogen) atoms. The monoisotopic (exact) mass is 394 g/mol. The van der Waals surface area contributed by atoms with E-state index < -0.39 is 30.1 Å². The van der Waals surface area contributed by atoms with Gasteiger partial charge in [-0.3, -0.25) is 4.79 Å². The Morgan fingerprint density at radius 3 is 2.63 bits per heavy atom. The second-order valence-corrected chi connectivity index (χ2v) is 6.75. The molecular weight excluding hydrogens is 372 g/mol. The first-order chi connectivity index (χ1) is 12.7. The lowest BCUT2D eigenvalue weighted by Crippen LogP contribution is -2.33. The Morgan fingerprint density at radius 2 is 1.96 bits per heavy atom. The molecule has 0 aromatic heterocycles. The van der Waals surface area contributed by atoms with Crippen molar-refractivity contribution in [3.8, 4) is 11.5 Å². The molecule has 1 aliphatic rings. The van der Waals surface area contributed by atoms with Crippen molar-refractivity contribution >= 4 is 30.5 Å². The lowest BCUT2D eigenvalue weighted by Gasteiger charge is -2.17. The number of hydrogen-bond acceptors (Lipinski definition) is 8. The highest BCUT2D eigenvalue weighted by atomic mass is 32.1. The summed E-state index contributed by atoms with van der Waals surface area (Å²) in [5.74, 6) is -1.34. The molecule has 3 N–H and O–H groups in total. The number of aliphatic hydroxyl groups is 2. The van der Waals surface area contributed by atoms with Gasteiger partial charge in [-0.15, -0.1) is 12.6 Å². The van der Waals surface area contributed by atoms with Crippen LogP contribution < -0.4 is 4.74 Å². The summed E-state index contributed by atoms with van der Waals surface area (Å²) in [7, 11) is 1.42. The first kappa shape index (κ1) is 21.0. The molecule has 3 atom stereocenters. The fraction of sp³-hybridized carbons (Fsp3) is 0.368. The van der Waals surface area contributed by atoms with Crippen LogP contribution in [0.15, 0.2) is 29.2 Å². The highest BCUT2D eigenvalue weighted by Gasteiger charge is 2.25. The quantitative estimate of drug-likeness (QED) is 0.425. The zero-order chi connectivity index (χ0) is 20.1. The van der Waals surface area contributed by atoms with Gasteiger partial charge in [0, 0.05) is 12.5 Å². The Balaban J connectivity index is 2.50. The van der Waals surface area contributed by atoms with Gasteiger partial charge < -0.3 is 24.8 Å². The van der Waals surface area contributed by atoms with Crippen LogP contribution in [0.4, 0.5) is 0 Å². The number of rotatable bonds is 1. The highest BCUT2D eigenvalue weighted by molar-refractivity contribution is 7.84. The minimum absolute atomic E-state index is 0.0403. The van der Waals surface area contributed by atoms with Crippen molar-refractivity contribution < 1.29 is 34.4 Å². The third-order valence-corrected chi connectivity index (χ3v) is 4.31. The molecular formula is C19H22O7S. The number of cyclic esters (lactones) is 1. The number of Topliss-reactive ketones (excluding diaryl/α,β-unsaturated/α-hetero) is 1. The van der Waals surface area contributed by atoms with Gasteiger partial charge in [-0.1, -0.05) is 12.2 Å². The van der Waals surface area contributed by atoms with E-state index in [0.29, 0.717) is 16.2 Å². The van der Waals surface area contributed by atoms with Crippen molar-refractivity contribution in [2.24, 2.45) is 0 Å². The molecule has 0 radical (unpaired) electrons. The number of ketones is 1. The first-order valence-electron chi connectivity index (χ1n) is 8.30. The third-order valence-electron chi connectivity index (χ3n) is 4.01. The number of carbonyl (C=O) groups is 2. The Labute approximate surface area is 162 Å². The van der Waals surface area contributed by atoms with E-state index in [1.807, 2.05) is 0 Å². The lowest BCUT2D eigenvalue weighted by molar-refractivity contribution is -0.131. The van der Waals surface area contributed by atoms with Gasteiger partial charge in [0.1, 0.15) is 29.3 Å². The smallest absolute Gasteiger partial charge is 0.343 e. The second-order valence-electron chi connectivity index (χ2n) is 6.17. The summed E-state index contributed by atoms with van der Waals surface area (Å²) in [5, 5.41) is 30.2. The first-order valence-corrected chi connectivity index (χ1v) is 8.74. The molecule has 1 aliphatic heterocycles. The second kappa shape index (κ2) is 9.07. The van der Waals surface area contributed by atoms with E-state index in [4.69, 9.17) is 9.47 Å². The molecule has 0 bridgehead atoms. The largest absolute Gasteiger partial charge is 0.507 e. The van der Waals surface area contributed by atoms with Crippen LogP contribution in [0.25, 0.3) is 6.08 Å². The molecule has 0 fully saturated rings. The van der Waals surface area contributed by atoms with Gasteiger partial charge in [-0.25, -0.2) is 4.79 Å². The molecule has 7 nitrogen and oxygen atoms in total. The van der Waals surface area contributed by atoms with Crippen LogP contribution in [0.1, 0.15) is 35.7 Å². The van der Waals surface area contributed by atoms with Crippen molar-refractivity contribution in [3.63, 3.8) is 0 Å². The zero-order valence-corrected chi connectivity index (χ0v) is 15.8. The number of esters is 1. The van der Waals surface area contributed by atoms with Crippen LogP contribution in [0.2, 0.25) is 0 Å². The number of benzene rings is 1. The molecule has 0 unspecified atom stereocenters. The Hall–Kier alpha value is -2.29. The maximum Gasteiger partial charge on any atom is 0.343 e. The number of phenols is 1. The van der Waals surface area contributed by atoms with E-state index in [9.17, 15) is 24.9 Å². The third kappa shape index (κ3) is 5.35. The molecule has 8 heteroatoms. The number of methoxy groups -OCH3 is 1. The maximum absolute atomic E-state index is 12.5. The molecule has 1 heterocycles. The van der Waals surface area contributed by atoms with Crippen molar-refractivity contribution in [2.75, 3.05) is 7.11 Å². The van der Waals surface area contributed by atoms with E-state index in [1.165, 1.54) is 37.5 Å². The van der Waals surface area contributed by atoms with Gasteiger partial charge in [-0.2, -0.15) is 0 Å². The summed E-state index contributed by atoms with van der Waals surface area (Å²) in [6.45, 7) is 1.58. The minimum atomic E-state index is -1.57. The average Bonchev–Trinajstić information content (AvgIpc) is 2.58. The Morgan fingerprint density at radius 1 is 1.26 bits per heavy atom. The molecule has 0 saturated heterocycles.